The molecule has 17 aromatic carbocycles. The number of aromatic nitrogens is 4. The summed E-state index contributed by atoms with van der Waals surface area (Å²) < 4.78 is 9.68. The number of nitrogens with zero attached hydrogens (tertiary/aromatic N) is 6. The predicted octanol–water partition coefficient (Wildman–Crippen LogP) is 28.4. The average molecular weight is 1420 g/mol. The van der Waals surface area contributed by atoms with Crippen LogP contribution in [0.2, 0.25) is 0 Å². The first-order valence-electron chi connectivity index (χ1n) is 38.5. The molecule has 0 unspecified atom stereocenters. The minimum atomic E-state index is -0.112. The lowest BCUT2D eigenvalue weighted by Gasteiger charge is -2.28. The predicted molar refractivity (Wildman–Crippen MR) is 469 cm³/mol. The van der Waals surface area contributed by atoms with Crippen LogP contribution >= 0.6 is 0 Å². The van der Waals surface area contributed by atoms with Crippen LogP contribution in [0.4, 0.5) is 34.1 Å². The van der Waals surface area contributed by atoms with E-state index in [1.165, 1.54) is 164 Å². The fourth-order valence-corrected chi connectivity index (χ4v) is 19.0. The van der Waals surface area contributed by atoms with Crippen molar-refractivity contribution in [2.24, 2.45) is 0 Å². The highest BCUT2D eigenvalue weighted by molar-refractivity contribution is 6.25. The molecule has 6 heterocycles. The third kappa shape index (κ3) is 9.44. The fourth-order valence-electron chi connectivity index (χ4n) is 19.0. The summed E-state index contributed by atoms with van der Waals surface area (Å²) in [4.78, 5) is 4.86. The van der Waals surface area contributed by atoms with Crippen LogP contribution in [0, 0.1) is 0 Å². The smallest absolute Gasteiger partial charge is 0.0620 e. The van der Waals surface area contributed by atoms with E-state index in [1.807, 2.05) is 0 Å². The van der Waals surface area contributed by atoms with Gasteiger partial charge in [0.1, 0.15) is 0 Å². The van der Waals surface area contributed by atoms with E-state index in [9.17, 15) is 0 Å². The molecule has 6 aromatic heterocycles. The molecule has 0 N–H and O–H groups in total. The van der Waals surface area contributed by atoms with E-state index in [0.717, 1.165) is 45.5 Å². The van der Waals surface area contributed by atoms with Gasteiger partial charge in [-0.15, -0.1) is 0 Å². The maximum Gasteiger partial charge on any atom is 0.0620 e. The first-order valence-corrected chi connectivity index (χ1v) is 38.5. The monoisotopic (exact) mass is 1410 g/mol. The number of fused-ring (bicyclic) bond motifs is 21. The fraction of sp³-hybridized carbons (Fsp3) is 0.0286. The van der Waals surface area contributed by atoms with Crippen LogP contribution in [0.1, 0.15) is 25.0 Å². The van der Waals surface area contributed by atoms with Crippen molar-refractivity contribution < 1.29 is 0 Å². The molecule has 0 aliphatic heterocycles. The van der Waals surface area contributed by atoms with Gasteiger partial charge in [-0.25, -0.2) is 0 Å². The molecule has 6 nitrogen and oxygen atoms in total. The second kappa shape index (κ2) is 24.3. The quantitative estimate of drug-likeness (QED) is 0.136. The second-order valence-electron chi connectivity index (χ2n) is 30.4. The van der Waals surface area contributed by atoms with E-state index in [1.54, 1.807) is 0 Å². The second-order valence-corrected chi connectivity index (χ2v) is 30.4. The first kappa shape index (κ1) is 62.7. The van der Waals surface area contributed by atoms with Crippen molar-refractivity contribution in [1.82, 2.24) is 17.9 Å². The number of benzene rings is 17. The molecular weight excluding hydrogens is 1350 g/mol. The van der Waals surface area contributed by atoms with E-state index < -0.39 is 0 Å². The molecule has 0 radical (unpaired) electrons. The molecular formula is C105H70N6. The highest BCUT2D eigenvalue weighted by Crippen LogP contribution is 2.53. The molecule has 0 saturated carbocycles. The Balaban J connectivity index is 0.000000133. The summed E-state index contributed by atoms with van der Waals surface area (Å²) in [5.41, 5.74) is 31.5. The summed E-state index contributed by atoms with van der Waals surface area (Å²) in [5.74, 6) is 0. The Morgan fingerprint density at radius 1 is 0.198 bits per heavy atom. The molecule has 0 spiro atoms. The summed E-state index contributed by atoms with van der Waals surface area (Å²) in [6, 6.07) is 142. The third-order valence-corrected chi connectivity index (χ3v) is 24.1. The summed E-state index contributed by atoms with van der Waals surface area (Å²) in [6.07, 6.45) is 0. The van der Waals surface area contributed by atoms with Gasteiger partial charge in [-0.1, -0.05) is 257 Å². The minimum absolute atomic E-state index is 0.112. The number of para-hydroxylation sites is 8. The zero-order chi connectivity index (χ0) is 73.2. The van der Waals surface area contributed by atoms with Gasteiger partial charge < -0.3 is 27.7 Å². The van der Waals surface area contributed by atoms with Gasteiger partial charge in [-0.3, -0.25) is 0 Å². The normalized spacial score (nSPS) is 12.7. The highest BCUT2D eigenvalue weighted by atomic mass is 15.2. The third-order valence-electron chi connectivity index (χ3n) is 24.1. The van der Waals surface area contributed by atoms with Gasteiger partial charge >= 0.3 is 0 Å². The number of hydrogen-bond acceptors (Lipinski definition) is 2. The largest absolute Gasteiger partial charge is 0.310 e. The van der Waals surface area contributed by atoms with Crippen molar-refractivity contribution in [2.45, 2.75) is 19.3 Å². The Morgan fingerprint density at radius 3 is 1.06 bits per heavy atom. The number of anilines is 6. The Kier molecular flexibility index (Phi) is 13.7. The van der Waals surface area contributed by atoms with Gasteiger partial charge in [0.2, 0.25) is 0 Å². The standard InChI is InChI=1S/C54H35N3.C51H35N3/c1-3-12-36(13-4-1)37-22-27-41(28-23-37)55(43-31-33-52-49(35-43)48-19-11-18-47-45-17-8-10-21-51(45)57(52)54(47)48)42-29-24-38(25-30-42)39-26-32-46-44-16-7-9-20-50(44)56(53(46)34-39)40-14-5-2-6-15-40;1-51(2)44-20-9-6-15-36(44)37-26-23-35(31-45(37)51)52(33-24-27-48-42(29-33)39-17-8-10-21-46(39)53(48)32-13-4-3-5-14-32)34-25-28-49-43(30-34)41-19-12-18-40-38-16-7-11-22-47(38)54(49)50(40)41/h1-35H;3-31H,1-2H3. The molecule has 23 aromatic rings. The van der Waals surface area contributed by atoms with Crippen molar-refractivity contribution >= 4 is 154 Å². The molecule has 1 aliphatic carbocycles. The van der Waals surface area contributed by atoms with Gasteiger partial charge in [0.15, 0.2) is 0 Å². The van der Waals surface area contributed by atoms with Gasteiger partial charge in [0.25, 0.3) is 0 Å². The van der Waals surface area contributed by atoms with Crippen LogP contribution in [0.15, 0.2) is 388 Å². The van der Waals surface area contributed by atoms with Crippen molar-refractivity contribution in [1.29, 1.82) is 0 Å². The van der Waals surface area contributed by atoms with Crippen molar-refractivity contribution in [2.75, 3.05) is 9.80 Å². The molecule has 111 heavy (non-hydrogen) atoms. The van der Waals surface area contributed by atoms with E-state index in [4.69, 9.17) is 0 Å². The summed E-state index contributed by atoms with van der Waals surface area (Å²) in [6.45, 7) is 4.73. The van der Waals surface area contributed by atoms with Crippen molar-refractivity contribution in [3.8, 4) is 44.8 Å². The van der Waals surface area contributed by atoms with Gasteiger partial charge in [0.05, 0.1) is 55.2 Å². The lowest BCUT2D eigenvalue weighted by atomic mass is 9.82. The summed E-state index contributed by atoms with van der Waals surface area (Å²) >= 11 is 0. The van der Waals surface area contributed by atoms with E-state index in [-0.39, 0.29) is 5.41 Å². The zero-order valence-corrected chi connectivity index (χ0v) is 61.1. The number of rotatable bonds is 10. The van der Waals surface area contributed by atoms with Crippen LogP contribution in [0.25, 0.3) is 165 Å². The lowest BCUT2D eigenvalue weighted by Crippen LogP contribution is -2.16. The van der Waals surface area contributed by atoms with Crippen LogP contribution in [-0.4, -0.2) is 17.9 Å². The average Bonchev–Trinajstić information content (AvgIpc) is 1.55. The first-order chi connectivity index (χ1) is 54.8. The van der Waals surface area contributed by atoms with Gasteiger partial charge in [-0.05, 0) is 190 Å². The SMILES string of the molecule is CC1(C)c2ccccc2-c2ccc(N(c3ccc4c(c3)c3ccccc3n4-c3ccccc3)c3ccc4c(c3)c3cccc5c6ccccc6n4c53)cc21.c1ccc(-c2ccc(N(c3ccc(-c4ccc5c6ccccc6n(-c6ccccc6)c5c4)cc3)c3ccc4c(c3)c3cccc5c6ccccc6n4c53)cc2)cc1. The number of hydrogen-bond donors (Lipinski definition) is 0. The van der Waals surface area contributed by atoms with E-state index >= 15 is 0 Å². The molecule has 0 atom stereocenters. The Hall–Kier alpha value is -14.5. The Bertz CT molecular complexity index is 7650. The van der Waals surface area contributed by atoms with Gasteiger partial charge in [-0.2, -0.15) is 0 Å². The molecule has 0 bridgehead atoms. The molecule has 1 aliphatic rings. The van der Waals surface area contributed by atoms with E-state index in [2.05, 4.69) is 430 Å². The molecule has 24 rings (SSSR count). The Morgan fingerprint density at radius 2 is 0.523 bits per heavy atom. The zero-order valence-electron chi connectivity index (χ0n) is 61.1. The van der Waals surface area contributed by atoms with Crippen molar-refractivity contribution in [3.63, 3.8) is 0 Å². The van der Waals surface area contributed by atoms with Crippen LogP contribution in [-0.2, 0) is 5.41 Å². The summed E-state index contributed by atoms with van der Waals surface area (Å²) in [7, 11) is 0. The van der Waals surface area contributed by atoms with Gasteiger partial charge in [0, 0.05) is 116 Å². The lowest BCUT2D eigenvalue weighted by molar-refractivity contribution is 0.660. The Labute approximate surface area is 640 Å². The molecule has 0 amide bonds. The van der Waals surface area contributed by atoms with Crippen LogP contribution in [0.3, 0.4) is 0 Å². The maximum absolute atomic E-state index is 2.47. The van der Waals surface area contributed by atoms with Crippen LogP contribution < -0.4 is 9.80 Å². The molecule has 520 valence electrons. The topological polar surface area (TPSA) is 25.2 Å². The van der Waals surface area contributed by atoms with Crippen LogP contribution in [0.5, 0.6) is 0 Å². The molecule has 0 saturated heterocycles. The maximum atomic E-state index is 2.47. The minimum Gasteiger partial charge on any atom is -0.310 e. The summed E-state index contributed by atoms with van der Waals surface area (Å²) in [5, 5.41) is 15.3. The highest BCUT2D eigenvalue weighted by Gasteiger charge is 2.36. The molecule has 6 heteroatoms. The van der Waals surface area contributed by atoms with E-state index in [0.29, 0.717) is 0 Å². The van der Waals surface area contributed by atoms with Crippen molar-refractivity contribution in [3.05, 3.63) is 399 Å². The molecule has 0 fully saturated rings.